The van der Waals surface area contributed by atoms with Gasteiger partial charge in [0.05, 0.1) is 14.2 Å². The largest absolute Gasteiger partial charge is 0.497 e. The number of aryl methyl sites for hydroxylation is 1. The summed E-state index contributed by atoms with van der Waals surface area (Å²) in [5, 5.41) is 3.42. The molecule has 0 bridgehead atoms. The van der Waals surface area contributed by atoms with E-state index in [0.717, 1.165) is 29.2 Å². The van der Waals surface area contributed by atoms with Crippen LogP contribution in [0.4, 0.5) is 5.69 Å². The van der Waals surface area contributed by atoms with Gasteiger partial charge < -0.3 is 14.8 Å². The van der Waals surface area contributed by atoms with Gasteiger partial charge in [-0.05, 0) is 42.3 Å². The van der Waals surface area contributed by atoms with Crippen molar-refractivity contribution in [2.75, 3.05) is 19.5 Å². The molecule has 0 unspecified atom stereocenters. The lowest BCUT2D eigenvalue weighted by molar-refractivity contribution is 0.399. The third-order valence-corrected chi connectivity index (χ3v) is 3.46. The van der Waals surface area contributed by atoms with E-state index in [1.54, 1.807) is 14.2 Å². The topological polar surface area (TPSA) is 30.5 Å². The molecule has 0 heterocycles. The Morgan fingerprint density at radius 3 is 2.33 bits per heavy atom. The van der Waals surface area contributed by atoms with Crippen LogP contribution in [0.25, 0.3) is 0 Å². The normalized spacial score (nSPS) is 10.2. The first kappa shape index (κ1) is 15.2. The molecule has 0 aliphatic heterocycles. The van der Waals surface area contributed by atoms with Crippen molar-refractivity contribution in [3.63, 3.8) is 0 Å². The van der Waals surface area contributed by atoms with Crippen molar-refractivity contribution in [3.05, 3.63) is 53.6 Å². The highest BCUT2D eigenvalue weighted by atomic mass is 16.5. The van der Waals surface area contributed by atoms with Crippen LogP contribution in [0.15, 0.2) is 42.5 Å². The summed E-state index contributed by atoms with van der Waals surface area (Å²) in [6.45, 7) is 2.90. The molecule has 3 nitrogen and oxygen atoms in total. The van der Waals surface area contributed by atoms with Crippen molar-refractivity contribution in [1.29, 1.82) is 0 Å². The van der Waals surface area contributed by atoms with E-state index >= 15 is 0 Å². The molecule has 1 N–H and O–H groups in total. The zero-order valence-corrected chi connectivity index (χ0v) is 13.0. The number of hydrogen-bond acceptors (Lipinski definition) is 3. The minimum absolute atomic E-state index is 0.702. The number of rotatable bonds is 7. The van der Waals surface area contributed by atoms with Gasteiger partial charge in [-0.25, -0.2) is 0 Å². The summed E-state index contributed by atoms with van der Waals surface area (Å²) in [4.78, 5) is 0. The van der Waals surface area contributed by atoms with Gasteiger partial charge in [-0.2, -0.15) is 0 Å². The van der Waals surface area contributed by atoms with Gasteiger partial charge in [0, 0.05) is 17.8 Å². The van der Waals surface area contributed by atoms with E-state index in [2.05, 4.69) is 36.5 Å². The van der Waals surface area contributed by atoms with Crippen molar-refractivity contribution in [2.45, 2.75) is 26.3 Å². The quantitative estimate of drug-likeness (QED) is 0.824. The summed E-state index contributed by atoms with van der Waals surface area (Å²) in [6.07, 6.45) is 2.30. The molecule has 0 aromatic heterocycles. The molecular weight excluding hydrogens is 262 g/mol. The maximum Gasteiger partial charge on any atom is 0.124 e. The van der Waals surface area contributed by atoms with Gasteiger partial charge in [0.1, 0.15) is 11.5 Å². The van der Waals surface area contributed by atoms with Crippen LogP contribution in [0, 0.1) is 0 Å². The molecule has 0 fully saturated rings. The molecule has 0 saturated carbocycles. The molecule has 0 atom stereocenters. The first-order valence-corrected chi connectivity index (χ1v) is 7.30. The Labute approximate surface area is 126 Å². The van der Waals surface area contributed by atoms with Gasteiger partial charge in [0.25, 0.3) is 0 Å². The van der Waals surface area contributed by atoms with Crippen LogP contribution in [-0.4, -0.2) is 14.2 Å². The Morgan fingerprint density at radius 2 is 1.71 bits per heavy atom. The van der Waals surface area contributed by atoms with Crippen LogP contribution in [0.5, 0.6) is 11.5 Å². The van der Waals surface area contributed by atoms with Gasteiger partial charge >= 0.3 is 0 Å². The van der Waals surface area contributed by atoms with Crippen LogP contribution in [0.1, 0.15) is 24.5 Å². The molecule has 0 spiro atoms. The highest BCUT2D eigenvalue weighted by Crippen LogP contribution is 2.25. The van der Waals surface area contributed by atoms with Crippen LogP contribution < -0.4 is 14.8 Å². The standard InChI is InChI=1S/C18H23NO2/c1-4-5-14-6-8-16(9-7-14)19-13-15-12-17(20-2)10-11-18(15)21-3/h6-12,19H,4-5,13H2,1-3H3. The van der Waals surface area contributed by atoms with E-state index in [-0.39, 0.29) is 0 Å². The van der Waals surface area contributed by atoms with Crippen molar-refractivity contribution in [3.8, 4) is 11.5 Å². The molecule has 0 aliphatic rings. The van der Waals surface area contributed by atoms with E-state index < -0.39 is 0 Å². The van der Waals surface area contributed by atoms with E-state index in [4.69, 9.17) is 9.47 Å². The smallest absolute Gasteiger partial charge is 0.124 e. The summed E-state index contributed by atoms with van der Waals surface area (Å²) in [7, 11) is 3.36. The van der Waals surface area contributed by atoms with Crippen molar-refractivity contribution < 1.29 is 9.47 Å². The Hall–Kier alpha value is -2.16. The lowest BCUT2D eigenvalue weighted by Crippen LogP contribution is -2.02. The lowest BCUT2D eigenvalue weighted by atomic mass is 10.1. The van der Waals surface area contributed by atoms with Gasteiger partial charge in [0.15, 0.2) is 0 Å². The number of hydrogen-bond donors (Lipinski definition) is 1. The molecule has 0 amide bonds. The molecule has 0 radical (unpaired) electrons. The molecule has 0 saturated heterocycles. The van der Waals surface area contributed by atoms with Crippen LogP contribution >= 0.6 is 0 Å². The van der Waals surface area contributed by atoms with E-state index in [9.17, 15) is 0 Å². The molecule has 21 heavy (non-hydrogen) atoms. The zero-order chi connectivity index (χ0) is 15.1. The second kappa shape index (κ2) is 7.58. The molecule has 2 aromatic carbocycles. The number of nitrogens with one attached hydrogen (secondary N) is 1. The van der Waals surface area contributed by atoms with Crippen molar-refractivity contribution in [2.24, 2.45) is 0 Å². The molecule has 2 aromatic rings. The SMILES string of the molecule is CCCc1ccc(NCc2cc(OC)ccc2OC)cc1. The summed E-state index contributed by atoms with van der Waals surface area (Å²) < 4.78 is 10.7. The van der Waals surface area contributed by atoms with Crippen molar-refractivity contribution in [1.82, 2.24) is 0 Å². The van der Waals surface area contributed by atoms with E-state index in [1.165, 1.54) is 12.0 Å². The fourth-order valence-electron chi connectivity index (χ4n) is 2.30. The highest BCUT2D eigenvalue weighted by molar-refractivity contribution is 5.48. The van der Waals surface area contributed by atoms with Gasteiger partial charge in [-0.3, -0.25) is 0 Å². The monoisotopic (exact) mass is 285 g/mol. The summed E-state index contributed by atoms with van der Waals surface area (Å²) in [5.41, 5.74) is 3.57. The van der Waals surface area contributed by atoms with Gasteiger partial charge in [0.2, 0.25) is 0 Å². The second-order valence-electron chi connectivity index (χ2n) is 4.98. The molecule has 2 rings (SSSR count). The first-order chi connectivity index (χ1) is 10.3. The van der Waals surface area contributed by atoms with Crippen LogP contribution in [0.3, 0.4) is 0 Å². The van der Waals surface area contributed by atoms with E-state index in [0.29, 0.717) is 6.54 Å². The maximum absolute atomic E-state index is 5.39. The molecule has 112 valence electrons. The number of anilines is 1. The summed E-state index contributed by atoms with van der Waals surface area (Å²) >= 11 is 0. The highest BCUT2D eigenvalue weighted by Gasteiger charge is 2.05. The lowest BCUT2D eigenvalue weighted by Gasteiger charge is -2.12. The summed E-state index contributed by atoms with van der Waals surface area (Å²) in [5.74, 6) is 1.71. The minimum atomic E-state index is 0.702. The van der Waals surface area contributed by atoms with E-state index in [1.807, 2.05) is 18.2 Å². The molecule has 3 heteroatoms. The maximum atomic E-state index is 5.39. The Morgan fingerprint density at radius 1 is 0.952 bits per heavy atom. The predicted molar refractivity (Wildman–Crippen MR) is 87.3 cm³/mol. The predicted octanol–water partition coefficient (Wildman–Crippen LogP) is 4.27. The molecular formula is C18H23NO2. The minimum Gasteiger partial charge on any atom is -0.497 e. The Bertz CT molecular complexity index is 564. The van der Waals surface area contributed by atoms with Crippen LogP contribution in [-0.2, 0) is 13.0 Å². The first-order valence-electron chi connectivity index (χ1n) is 7.30. The number of methoxy groups -OCH3 is 2. The molecule has 0 aliphatic carbocycles. The average molecular weight is 285 g/mol. The second-order valence-corrected chi connectivity index (χ2v) is 4.98. The fraction of sp³-hybridized carbons (Fsp3) is 0.333. The number of ether oxygens (including phenoxy) is 2. The average Bonchev–Trinajstić information content (AvgIpc) is 2.54. The third kappa shape index (κ3) is 4.15. The third-order valence-electron chi connectivity index (χ3n) is 3.46. The summed E-state index contributed by atoms with van der Waals surface area (Å²) in [6, 6.07) is 14.4. The number of benzene rings is 2. The van der Waals surface area contributed by atoms with Gasteiger partial charge in [-0.1, -0.05) is 25.5 Å². The zero-order valence-electron chi connectivity index (χ0n) is 13.0. The Balaban J connectivity index is 2.04. The Kier molecular flexibility index (Phi) is 5.50. The fourth-order valence-corrected chi connectivity index (χ4v) is 2.30. The van der Waals surface area contributed by atoms with Crippen LogP contribution in [0.2, 0.25) is 0 Å². The van der Waals surface area contributed by atoms with Crippen molar-refractivity contribution >= 4 is 5.69 Å². The van der Waals surface area contributed by atoms with Gasteiger partial charge in [-0.15, -0.1) is 0 Å².